The number of fused-ring (bicyclic) bond motifs is 1. The minimum Gasteiger partial charge on any atom is -0.497 e. The Morgan fingerprint density at radius 2 is 1.81 bits per heavy atom. The molecule has 2 heterocycles. The van der Waals surface area contributed by atoms with Gasteiger partial charge in [0.1, 0.15) is 22.2 Å². The van der Waals surface area contributed by atoms with Gasteiger partial charge in [0.25, 0.3) is 11.6 Å². The number of ether oxygens (including phenoxy) is 2. The van der Waals surface area contributed by atoms with Crippen LogP contribution in [0.4, 0.5) is 24.5 Å². The molecule has 4 aromatic rings. The summed E-state index contributed by atoms with van der Waals surface area (Å²) in [5.74, 6) is -0.520. The summed E-state index contributed by atoms with van der Waals surface area (Å²) < 4.78 is 52.2. The van der Waals surface area contributed by atoms with Crippen LogP contribution in [0.25, 0.3) is 16.9 Å². The molecule has 0 atom stereocenters. The molecular formula is C22H15ClF3N5O5. The monoisotopic (exact) mass is 521 g/mol. The number of hydrogen-bond acceptors (Lipinski definition) is 7. The largest absolute Gasteiger partial charge is 0.497 e. The average molecular weight is 522 g/mol. The van der Waals surface area contributed by atoms with Crippen LogP contribution in [0.1, 0.15) is 16.2 Å². The summed E-state index contributed by atoms with van der Waals surface area (Å²) in [4.78, 5) is 27.7. The first-order valence-corrected chi connectivity index (χ1v) is 10.4. The molecule has 0 bridgehead atoms. The molecule has 14 heteroatoms. The van der Waals surface area contributed by atoms with Gasteiger partial charge in [-0.25, -0.2) is 9.50 Å². The molecule has 2 aromatic carbocycles. The third kappa shape index (κ3) is 4.60. The number of carbonyl (C=O) groups is 1. The van der Waals surface area contributed by atoms with Gasteiger partial charge in [-0.3, -0.25) is 14.9 Å². The predicted molar refractivity (Wildman–Crippen MR) is 123 cm³/mol. The third-order valence-electron chi connectivity index (χ3n) is 5.05. The Kier molecular flexibility index (Phi) is 6.41. The summed E-state index contributed by atoms with van der Waals surface area (Å²) in [6.45, 7) is 0. The molecule has 0 saturated heterocycles. The number of alkyl halides is 3. The van der Waals surface area contributed by atoms with Crippen LogP contribution in [0.2, 0.25) is 5.02 Å². The lowest BCUT2D eigenvalue weighted by atomic mass is 10.1. The molecule has 0 aliphatic carbocycles. The van der Waals surface area contributed by atoms with E-state index in [0.717, 1.165) is 12.1 Å². The lowest BCUT2D eigenvalue weighted by Crippen LogP contribution is -2.16. The number of aromatic nitrogens is 3. The molecule has 2 aromatic heterocycles. The van der Waals surface area contributed by atoms with E-state index in [1.165, 1.54) is 38.5 Å². The van der Waals surface area contributed by atoms with Crippen LogP contribution in [-0.2, 0) is 6.18 Å². The van der Waals surface area contributed by atoms with Gasteiger partial charge in [-0.2, -0.15) is 18.3 Å². The van der Waals surface area contributed by atoms with Crippen LogP contribution in [0.5, 0.6) is 11.5 Å². The molecule has 1 amide bonds. The number of nitrogens with zero attached hydrogens (tertiary/aromatic N) is 4. The van der Waals surface area contributed by atoms with Gasteiger partial charge in [-0.1, -0.05) is 23.7 Å². The number of benzene rings is 2. The van der Waals surface area contributed by atoms with Crippen molar-refractivity contribution in [2.75, 3.05) is 19.5 Å². The molecule has 0 spiro atoms. The summed E-state index contributed by atoms with van der Waals surface area (Å²) in [7, 11) is 2.71. The van der Waals surface area contributed by atoms with Gasteiger partial charge in [0.05, 0.1) is 30.9 Å². The molecule has 36 heavy (non-hydrogen) atoms. The molecule has 0 unspecified atom stereocenters. The second kappa shape index (κ2) is 9.34. The lowest BCUT2D eigenvalue weighted by molar-refractivity contribution is -0.384. The Bertz CT molecular complexity index is 1510. The molecule has 0 saturated carbocycles. The molecule has 4 rings (SSSR count). The van der Waals surface area contributed by atoms with Crippen molar-refractivity contribution in [2.24, 2.45) is 0 Å². The molecular weight excluding hydrogens is 507 g/mol. The van der Waals surface area contributed by atoms with Gasteiger partial charge >= 0.3 is 6.18 Å². The van der Waals surface area contributed by atoms with Crippen molar-refractivity contribution in [2.45, 2.75) is 6.18 Å². The highest BCUT2D eigenvalue weighted by molar-refractivity contribution is 6.37. The van der Waals surface area contributed by atoms with Crippen molar-refractivity contribution in [3.8, 4) is 22.8 Å². The van der Waals surface area contributed by atoms with Crippen molar-refractivity contribution >= 4 is 34.5 Å². The number of carbonyl (C=O) groups excluding carboxylic acids is 1. The first kappa shape index (κ1) is 24.7. The van der Waals surface area contributed by atoms with Crippen LogP contribution in [-0.4, -0.2) is 39.6 Å². The average Bonchev–Trinajstić information content (AvgIpc) is 3.19. The van der Waals surface area contributed by atoms with Crippen molar-refractivity contribution in [1.82, 2.24) is 14.6 Å². The van der Waals surface area contributed by atoms with E-state index in [-0.39, 0.29) is 17.1 Å². The topological polar surface area (TPSA) is 121 Å². The highest BCUT2D eigenvalue weighted by Gasteiger charge is 2.37. The zero-order valence-corrected chi connectivity index (χ0v) is 19.2. The quantitative estimate of drug-likeness (QED) is 0.272. The number of methoxy groups -OCH3 is 2. The second-order valence-electron chi connectivity index (χ2n) is 7.25. The Labute approximate surface area is 205 Å². The van der Waals surface area contributed by atoms with E-state index < -0.39 is 44.8 Å². The maximum absolute atomic E-state index is 13.9. The normalized spacial score (nSPS) is 11.4. The van der Waals surface area contributed by atoms with Gasteiger partial charge in [0.2, 0.25) is 0 Å². The number of amides is 1. The van der Waals surface area contributed by atoms with Crippen molar-refractivity contribution in [1.29, 1.82) is 0 Å². The maximum atomic E-state index is 13.9. The van der Waals surface area contributed by atoms with Crippen LogP contribution >= 0.6 is 11.6 Å². The predicted octanol–water partition coefficient (Wildman–Crippen LogP) is 5.25. The zero-order valence-electron chi connectivity index (χ0n) is 18.5. The molecule has 0 fully saturated rings. The summed E-state index contributed by atoms with van der Waals surface area (Å²) in [6, 6.07) is 10.6. The summed E-state index contributed by atoms with van der Waals surface area (Å²) in [5, 5.41) is 16.9. The standard InChI is InChI=1S/C22H15ClF3N5O5/c1-35-12-5-3-4-11(8-12)15-10-17(22(24,25)26)30-20(27-15)18(23)19(29-30)21(32)28-14-7-6-13(36-2)9-16(14)31(33)34/h3-10H,1-2H3,(H,28,32). The van der Waals surface area contributed by atoms with Crippen molar-refractivity contribution < 1.29 is 32.4 Å². The molecule has 0 aliphatic heterocycles. The number of hydrogen-bond donors (Lipinski definition) is 1. The van der Waals surface area contributed by atoms with Crippen LogP contribution in [0, 0.1) is 10.1 Å². The zero-order chi connectivity index (χ0) is 26.2. The highest BCUT2D eigenvalue weighted by Crippen LogP contribution is 2.36. The second-order valence-corrected chi connectivity index (χ2v) is 7.63. The van der Waals surface area contributed by atoms with E-state index >= 15 is 0 Å². The Hall–Kier alpha value is -4.39. The van der Waals surface area contributed by atoms with Gasteiger partial charge < -0.3 is 14.8 Å². The molecule has 1 N–H and O–H groups in total. The number of rotatable bonds is 6. The van der Waals surface area contributed by atoms with Gasteiger partial charge in [0, 0.05) is 5.56 Å². The maximum Gasteiger partial charge on any atom is 0.433 e. The van der Waals surface area contributed by atoms with Crippen molar-refractivity contribution in [3.63, 3.8) is 0 Å². The van der Waals surface area contributed by atoms with Crippen molar-refractivity contribution in [3.05, 3.63) is 75.1 Å². The number of nitrogens with one attached hydrogen (secondary N) is 1. The van der Waals surface area contributed by atoms with Crippen LogP contribution in [0.15, 0.2) is 48.5 Å². The van der Waals surface area contributed by atoms with E-state index in [0.29, 0.717) is 15.8 Å². The molecule has 10 nitrogen and oxygen atoms in total. The van der Waals surface area contributed by atoms with Crippen LogP contribution < -0.4 is 14.8 Å². The van der Waals surface area contributed by atoms with E-state index in [1.54, 1.807) is 12.1 Å². The third-order valence-corrected chi connectivity index (χ3v) is 5.40. The fourth-order valence-electron chi connectivity index (χ4n) is 3.35. The van der Waals surface area contributed by atoms with Crippen LogP contribution in [0.3, 0.4) is 0 Å². The number of nitro benzene ring substituents is 1. The Morgan fingerprint density at radius 1 is 1.11 bits per heavy atom. The SMILES string of the molecule is COc1cccc(-c2cc(C(F)(F)F)n3nc(C(=O)Nc4ccc(OC)cc4[N+](=O)[O-])c(Cl)c3n2)c1. The fraction of sp³-hybridized carbons (Fsp3) is 0.136. The summed E-state index contributed by atoms with van der Waals surface area (Å²) >= 11 is 6.26. The number of nitro groups is 1. The smallest absolute Gasteiger partial charge is 0.433 e. The van der Waals surface area contributed by atoms with Gasteiger partial charge in [-0.15, -0.1) is 0 Å². The molecule has 186 valence electrons. The summed E-state index contributed by atoms with van der Waals surface area (Å²) in [5.41, 5.74) is -2.80. The van der Waals surface area contributed by atoms with Gasteiger partial charge in [0.15, 0.2) is 17.0 Å². The highest BCUT2D eigenvalue weighted by atomic mass is 35.5. The first-order chi connectivity index (χ1) is 17.0. The molecule has 0 radical (unpaired) electrons. The summed E-state index contributed by atoms with van der Waals surface area (Å²) in [6.07, 6.45) is -4.88. The first-order valence-electron chi connectivity index (χ1n) is 9.98. The Balaban J connectivity index is 1.83. The van der Waals surface area contributed by atoms with Gasteiger partial charge in [-0.05, 0) is 30.3 Å². The number of anilines is 1. The minimum absolute atomic E-state index is 0.0896. The lowest BCUT2D eigenvalue weighted by Gasteiger charge is -2.11. The van der Waals surface area contributed by atoms with E-state index in [4.69, 9.17) is 21.1 Å². The van der Waals surface area contributed by atoms with E-state index in [1.807, 2.05) is 0 Å². The minimum atomic E-state index is -4.88. The number of halogens is 4. The Morgan fingerprint density at radius 3 is 2.44 bits per heavy atom. The van der Waals surface area contributed by atoms with E-state index in [2.05, 4.69) is 15.4 Å². The fourth-order valence-corrected chi connectivity index (χ4v) is 3.59. The molecule has 0 aliphatic rings. The van der Waals surface area contributed by atoms with E-state index in [9.17, 15) is 28.1 Å².